The molecule has 0 unspecified atom stereocenters. The lowest BCUT2D eigenvalue weighted by atomic mass is 10.1. The van der Waals surface area contributed by atoms with Crippen LogP contribution in [0.2, 0.25) is 0 Å². The zero-order valence-electron chi connectivity index (χ0n) is 16.9. The lowest BCUT2D eigenvalue weighted by molar-refractivity contribution is 0.125. The van der Waals surface area contributed by atoms with Crippen molar-refractivity contribution in [1.29, 1.82) is 0 Å². The summed E-state index contributed by atoms with van der Waals surface area (Å²) in [5, 5.41) is 0. The molecule has 0 radical (unpaired) electrons. The molecule has 0 N–H and O–H groups in total. The molecule has 0 aliphatic carbocycles. The lowest BCUT2D eigenvalue weighted by Crippen LogP contribution is -1.97. The van der Waals surface area contributed by atoms with E-state index in [9.17, 15) is 0 Å². The first-order chi connectivity index (χ1) is 12.4. The fraction of sp³-hybridized carbons (Fsp3) is 1.00. The fourth-order valence-corrected chi connectivity index (χ4v) is 3.66. The zero-order chi connectivity index (χ0) is 18.3. The Morgan fingerprint density at radius 2 is 0.560 bits per heavy atom. The third-order valence-electron chi connectivity index (χ3n) is 4.89. The first-order valence-corrected chi connectivity index (χ1v) is 12.5. The van der Waals surface area contributed by atoms with E-state index in [1.807, 2.05) is 0 Å². The monoisotopic (exact) mass is 390 g/mol. The Morgan fingerprint density at radius 3 is 0.840 bits per heavy atom. The van der Waals surface area contributed by atoms with Crippen LogP contribution >= 0.6 is 25.3 Å². The average Bonchev–Trinajstić information content (AvgIpc) is 2.63. The van der Waals surface area contributed by atoms with Crippen LogP contribution in [0.1, 0.15) is 116 Å². The normalized spacial score (nSPS) is 11.3. The molecule has 3 heteroatoms. The molecule has 0 fully saturated rings. The standard InChI is InChI=1S/C22H46OS2/c24-21-17-13-9-5-1-3-7-11-15-19-23-20-16-12-8-4-2-6-10-14-18-22-25/h24-25H,1-22H2. The summed E-state index contributed by atoms with van der Waals surface area (Å²) in [4.78, 5) is 0. The molecule has 0 heterocycles. The maximum Gasteiger partial charge on any atom is 0.0466 e. The Balaban J connectivity index is 2.94. The molecule has 25 heavy (non-hydrogen) atoms. The molecular formula is C22H46OS2. The van der Waals surface area contributed by atoms with E-state index < -0.39 is 0 Å². The highest BCUT2D eigenvalue weighted by molar-refractivity contribution is 7.80. The van der Waals surface area contributed by atoms with E-state index in [1.165, 1.54) is 116 Å². The fourth-order valence-electron chi connectivity index (χ4n) is 3.21. The van der Waals surface area contributed by atoms with Crippen molar-refractivity contribution in [3.8, 4) is 0 Å². The van der Waals surface area contributed by atoms with Crippen LogP contribution in [0.15, 0.2) is 0 Å². The Labute approximate surface area is 170 Å². The largest absolute Gasteiger partial charge is 0.381 e. The van der Waals surface area contributed by atoms with Crippen LogP contribution in [0.4, 0.5) is 0 Å². The topological polar surface area (TPSA) is 9.23 Å². The Kier molecular flexibility index (Phi) is 25.3. The molecule has 0 aromatic rings. The van der Waals surface area contributed by atoms with E-state index in [4.69, 9.17) is 4.74 Å². The van der Waals surface area contributed by atoms with Crippen molar-refractivity contribution in [2.75, 3.05) is 24.7 Å². The molecule has 0 aromatic carbocycles. The van der Waals surface area contributed by atoms with Crippen molar-refractivity contribution in [3.63, 3.8) is 0 Å². The summed E-state index contributed by atoms with van der Waals surface area (Å²) in [7, 11) is 0. The molecule has 0 saturated heterocycles. The van der Waals surface area contributed by atoms with Crippen LogP contribution in [-0.2, 0) is 4.74 Å². The van der Waals surface area contributed by atoms with Gasteiger partial charge in [0.15, 0.2) is 0 Å². The molecule has 0 spiro atoms. The summed E-state index contributed by atoms with van der Waals surface area (Å²) in [5.41, 5.74) is 0. The number of hydrogen-bond donors (Lipinski definition) is 2. The van der Waals surface area contributed by atoms with Crippen molar-refractivity contribution >= 4 is 25.3 Å². The van der Waals surface area contributed by atoms with E-state index in [2.05, 4.69) is 25.3 Å². The molecule has 0 aliphatic heterocycles. The minimum Gasteiger partial charge on any atom is -0.381 e. The SMILES string of the molecule is SCCCCCCCCCCCOCCCCCCCCCCCS. The number of unbranched alkanes of at least 4 members (excludes halogenated alkanes) is 16. The summed E-state index contributed by atoms with van der Waals surface area (Å²) < 4.78 is 5.76. The zero-order valence-corrected chi connectivity index (χ0v) is 18.6. The second-order valence-electron chi connectivity index (χ2n) is 7.42. The molecule has 0 amide bonds. The molecule has 0 aliphatic rings. The van der Waals surface area contributed by atoms with Crippen LogP contribution in [0, 0.1) is 0 Å². The van der Waals surface area contributed by atoms with Gasteiger partial charge in [-0.2, -0.15) is 25.3 Å². The summed E-state index contributed by atoms with van der Waals surface area (Å²) >= 11 is 8.50. The van der Waals surface area contributed by atoms with E-state index in [1.54, 1.807) is 0 Å². The van der Waals surface area contributed by atoms with Crippen LogP contribution in [-0.4, -0.2) is 24.7 Å². The molecule has 0 aromatic heterocycles. The summed E-state index contributed by atoms with van der Waals surface area (Å²) in [6.07, 6.45) is 24.6. The van der Waals surface area contributed by atoms with Gasteiger partial charge >= 0.3 is 0 Å². The van der Waals surface area contributed by atoms with Crippen LogP contribution in [0.25, 0.3) is 0 Å². The number of ether oxygens (including phenoxy) is 1. The second kappa shape index (κ2) is 24.7. The van der Waals surface area contributed by atoms with Gasteiger partial charge in [0.2, 0.25) is 0 Å². The van der Waals surface area contributed by atoms with E-state index >= 15 is 0 Å². The molecule has 1 nitrogen and oxygen atoms in total. The number of hydrogen-bond acceptors (Lipinski definition) is 3. The smallest absolute Gasteiger partial charge is 0.0466 e. The Morgan fingerprint density at radius 1 is 0.320 bits per heavy atom. The number of thiol groups is 2. The Hall–Kier alpha value is 0.660. The molecule has 0 atom stereocenters. The molecular weight excluding hydrogens is 344 g/mol. The van der Waals surface area contributed by atoms with Crippen molar-refractivity contribution in [3.05, 3.63) is 0 Å². The van der Waals surface area contributed by atoms with Crippen LogP contribution < -0.4 is 0 Å². The first-order valence-electron chi connectivity index (χ1n) is 11.2. The average molecular weight is 391 g/mol. The minimum absolute atomic E-state index is 0.979. The van der Waals surface area contributed by atoms with Crippen molar-refractivity contribution in [2.45, 2.75) is 116 Å². The van der Waals surface area contributed by atoms with Gasteiger partial charge in [-0.3, -0.25) is 0 Å². The lowest BCUT2D eigenvalue weighted by Gasteiger charge is -2.05. The van der Waals surface area contributed by atoms with Gasteiger partial charge in [0, 0.05) is 13.2 Å². The quantitative estimate of drug-likeness (QED) is 0.141. The highest BCUT2D eigenvalue weighted by Gasteiger charge is 1.95. The van der Waals surface area contributed by atoms with E-state index in [0.717, 1.165) is 24.7 Å². The Bertz CT molecular complexity index is 202. The van der Waals surface area contributed by atoms with Gasteiger partial charge in [-0.25, -0.2) is 0 Å². The minimum atomic E-state index is 0.979. The van der Waals surface area contributed by atoms with Crippen molar-refractivity contribution in [2.24, 2.45) is 0 Å². The summed E-state index contributed by atoms with van der Waals surface area (Å²) in [6.45, 7) is 1.96. The molecule has 0 bridgehead atoms. The highest BCUT2D eigenvalue weighted by Crippen LogP contribution is 2.11. The summed E-state index contributed by atoms with van der Waals surface area (Å²) in [6, 6.07) is 0. The van der Waals surface area contributed by atoms with Gasteiger partial charge in [0.1, 0.15) is 0 Å². The summed E-state index contributed by atoms with van der Waals surface area (Å²) in [5.74, 6) is 2.11. The van der Waals surface area contributed by atoms with Gasteiger partial charge in [0.25, 0.3) is 0 Å². The maximum atomic E-state index is 5.76. The third kappa shape index (κ3) is 24.7. The number of rotatable bonds is 22. The van der Waals surface area contributed by atoms with Gasteiger partial charge in [-0.05, 0) is 37.2 Å². The molecule has 0 saturated carbocycles. The van der Waals surface area contributed by atoms with E-state index in [0.29, 0.717) is 0 Å². The third-order valence-corrected chi connectivity index (χ3v) is 5.53. The predicted octanol–water partition coefficient (Wildman–Crippen LogP) is 7.88. The van der Waals surface area contributed by atoms with Crippen molar-refractivity contribution in [1.82, 2.24) is 0 Å². The molecule has 152 valence electrons. The van der Waals surface area contributed by atoms with Crippen LogP contribution in [0.5, 0.6) is 0 Å². The first kappa shape index (κ1) is 25.7. The predicted molar refractivity (Wildman–Crippen MR) is 122 cm³/mol. The maximum absolute atomic E-state index is 5.76. The van der Waals surface area contributed by atoms with Gasteiger partial charge in [-0.1, -0.05) is 89.9 Å². The van der Waals surface area contributed by atoms with Crippen LogP contribution in [0.3, 0.4) is 0 Å². The second-order valence-corrected chi connectivity index (χ2v) is 8.32. The van der Waals surface area contributed by atoms with Crippen molar-refractivity contribution < 1.29 is 4.74 Å². The van der Waals surface area contributed by atoms with Gasteiger partial charge in [-0.15, -0.1) is 0 Å². The van der Waals surface area contributed by atoms with E-state index in [-0.39, 0.29) is 0 Å². The highest BCUT2D eigenvalue weighted by atomic mass is 32.1. The van der Waals surface area contributed by atoms with Gasteiger partial charge < -0.3 is 4.74 Å². The molecule has 0 rings (SSSR count). The van der Waals surface area contributed by atoms with Gasteiger partial charge in [0.05, 0.1) is 0 Å².